The summed E-state index contributed by atoms with van der Waals surface area (Å²) in [6.07, 6.45) is 8.22. The van der Waals surface area contributed by atoms with Gasteiger partial charge in [-0.3, -0.25) is 0 Å². The van der Waals surface area contributed by atoms with Gasteiger partial charge in [0.2, 0.25) is 0 Å². The zero-order valence-electron chi connectivity index (χ0n) is 46.0. The average molecular weight is 1060 g/mol. The number of hydrogen-bond donors (Lipinski definition) is 0. The maximum absolute atomic E-state index is 5.67. The summed E-state index contributed by atoms with van der Waals surface area (Å²) in [6, 6.07) is 86.1. The van der Waals surface area contributed by atoms with Crippen LogP contribution in [0.3, 0.4) is 0 Å². The van der Waals surface area contributed by atoms with Crippen LogP contribution < -0.4 is 9.80 Å². The molecule has 8 heteroatoms. The first kappa shape index (κ1) is 49.6. The van der Waals surface area contributed by atoms with E-state index in [-0.39, 0.29) is 0 Å². The molecule has 0 atom stereocenters. The first-order valence-electron chi connectivity index (χ1n) is 27.7. The highest BCUT2D eigenvalue weighted by atomic mass is 15.1. The lowest BCUT2D eigenvalue weighted by Gasteiger charge is -2.26. The third-order valence-electron chi connectivity index (χ3n) is 15.3. The highest BCUT2D eigenvalue weighted by molar-refractivity contribution is 5.97. The number of rotatable bonds is 12. The normalized spacial score (nSPS) is 11.4. The highest BCUT2D eigenvalue weighted by Gasteiger charge is 2.21. The Morgan fingerprint density at radius 1 is 0.280 bits per heavy atom. The standard InChI is InChI=1S/C74H56N8/c1-49-39-50(2)42-57(41-49)65-45-67-68(46-66(65)58-43-51(3)40-52(4)44-58)78-74(56-27-35-64(36-28-56)82(60-17-9-6-10-18-60)62-31-23-54(24-32-62)70-48-80-38-14-12-20-72(80)76-70)73(77-67)55-25-33-63(34-26-55)81(59-15-7-5-8-16-59)61-29-21-53(22-30-61)69-47-79-37-13-11-19-71(79)75-69/h5-48H,1-4H3. The SMILES string of the molecule is Cc1cc(C)cc(-c2cc3nc(-c4ccc(N(c5ccccc5)c5ccc(-c6cn7ccccc7n6)cc5)cc4)c(-c4ccc(N(c5ccccc5)c5ccc(-c6cn7ccccc7n6)cc5)cc4)nc3cc2-c2cc(C)cc(C)c2)c1. The van der Waals surface area contributed by atoms with Gasteiger partial charge in [0.1, 0.15) is 11.3 Å². The predicted molar refractivity (Wildman–Crippen MR) is 338 cm³/mol. The van der Waals surface area contributed by atoms with Crippen molar-refractivity contribution in [1.29, 1.82) is 0 Å². The minimum absolute atomic E-state index is 0.794. The number of para-hydroxylation sites is 2. The molecule has 0 fully saturated rings. The molecule has 0 unspecified atom stereocenters. The van der Waals surface area contributed by atoms with Gasteiger partial charge < -0.3 is 18.6 Å². The van der Waals surface area contributed by atoms with Crippen molar-refractivity contribution in [2.75, 3.05) is 9.80 Å². The lowest BCUT2D eigenvalue weighted by Crippen LogP contribution is -2.10. The molecule has 14 aromatic rings. The van der Waals surface area contributed by atoms with Crippen molar-refractivity contribution in [3.8, 4) is 67.3 Å². The molecule has 82 heavy (non-hydrogen) atoms. The minimum Gasteiger partial charge on any atom is -0.311 e. The summed E-state index contributed by atoms with van der Waals surface area (Å²) < 4.78 is 4.11. The van der Waals surface area contributed by atoms with Gasteiger partial charge in [0.05, 0.1) is 33.8 Å². The van der Waals surface area contributed by atoms with E-state index in [1.807, 2.05) is 48.8 Å². The number of pyridine rings is 2. The Balaban J connectivity index is 0.892. The third kappa shape index (κ3) is 9.62. The van der Waals surface area contributed by atoms with Crippen molar-refractivity contribution < 1.29 is 0 Å². The molecular weight excluding hydrogens is 1000 g/mol. The van der Waals surface area contributed by atoms with Gasteiger partial charge in [-0.15, -0.1) is 0 Å². The second-order valence-corrected chi connectivity index (χ2v) is 21.3. The molecular formula is C74H56N8. The number of nitrogens with zero attached hydrogens (tertiary/aromatic N) is 8. The minimum atomic E-state index is 0.794. The van der Waals surface area contributed by atoms with Crippen molar-refractivity contribution in [3.63, 3.8) is 0 Å². The summed E-state index contributed by atoms with van der Waals surface area (Å²) in [4.78, 5) is 25.7. The van der Waals surface area contributed by atoms with Crippen LogP contribution in [0.1, 0.15) is 22.3 Å². The van der Waals surface area contributed by atoms with E-state index in [1.165, 1.54) is 22.3 Å². The smallest absolute Gasteiger partial charge is 0.137 e. The second kappa shape index (κ2) is 20.8. The van der Waals surface area contributed by atoms with Crippen LogP contribution in [0.15, 0.2) is 267 Å². The van der Waals surface area contributed by atoms with E-state index in [1.54, 1.807) is 0 Å². The van der Waals surface area contributed by atoms with Crippen LogP contribution in [-0.2, 0) is 0 Å². The van der Waals surface area contributed by atoms with E-state index in [4.69, 9.17) is 19.9 Å². The van der Waals surface area contributed by atoms with Gasteiger partial charge in [-0.2, -0.15) is 0 Å². The van der Waals surface area contributed by atoms with Crippen molar-refractivity contribution in [2.24, 2.45) is 0 Å². The Morgan fingerprint density at radius 2 is 0.598 bits per heavy atom. The summed E-state index contributed by atoms with van der Waals surface area (Å²) in [6.45, 7) is 8.68. The van der Waals surface area contributed by atoms with E-state index >= 15 is 0 Å². The first-order valence-corrected chi connectivity index (χ1v) is 27.7. The molecule has 5 aromatic heterocycles. The Bertz CT molecular complexity index is 4240. The molecule has 0 N–H and O–H groups in total. The number of benzene rings is 9. The quantitative estimate of drug-likeness (QED) is 0.121. The molecule has 0 amide bonds. The number of imidazole rings is 2. The fourth-order valence-electron chi connectivity index (χ4n) is 11.5. The van der Waals surface area contributed by atoms with Gasteiger partial charge >= 0.3 is 0 Å². The van der Waals surface area contributed by atoms with E-state index in [2.05, 4.69) is 265 Å². The van der Waals surface area contributed by atoms with E-state index in [0.29, 0.717) is 0 Å². The van der Waals surface area contributed by atoms with E-state index < -0.39 is 0 Å². The maximum Gasteiger partial charge on any atom is 0.137 e. The zero-order valence-corrected chi connectivity index (χ0v) is 46.0. The molecule has 0 spiro atoms. The molecule has 8 nitrogen and oxygen atoms in total. The topological polar surface area (TPSA) is 66.9 Å². The number of hydrogen-bond acceptors (Lipinski definition) is 6. The van der Waals surface area contributed by atoms with Crippen LogP contribution in [0.4, 0.5) is 34.1 Å². The number of aromatic nitrogens is 6. The summed E-state index contributed by atoms with van der Waals surface area (Å²) >= 11 is 0. The molecule has 0 aliphatic rings. The maximum atomic E-state index is 5.67. The van der Waals surface area contributed by atoms with Crippen LogP contribution in [0.5, 0.6) is 0 Å². The highest BCUT2D eigenvalue weighted by Crippen LogP contribution is 2.43. The third-order valence-corrected chi connectivity index (χ3v) is 15.3. The summed E-state index contributed by atoms with van der Waals surface area (Å²) in [5.41, 5.74) is 26.5. The fraction of sp³-hybridized carbons (Fsp3) is 0.0541. The van der Waals surface area contributed by atoms with Crippen LogP contribution in [0.25, 0.3) is 89.6 Å². The summed E-state index contributed by atoms with van der Waals surface area (Å²) in [5.74, 6) is 0. The van der Waals surface area contributed by atoms with E-state index in [0.717, 1.165) is 124 Å². The van der Waals surface area contributed by atoms with E-state index in [9.17, 15) is 0 Å². The number of aryl methyl sites for hydroxylation is 4. The van der Waals surface area contributed by atoms with Crippen LogP contribution in [0, 0.1) is 27.7 Å². The molecule has 5 heterocycles. The molecule has 392 valence electrons. The zero-order chi connectivity index (χ0) is 55.3. The lowest BCUT2D eigenvalue weighted by molar-refractivity contribution is 1.19. The predicted octanol–water partition coefficient (Wildman–Crippen LogP) is 19.1. The van der Waals surface area contributed by atoms with Gasteiger partial charge in [0, 0.05) is 81.2 Å². The Morgan fingerprint density at radius 3 is 0.939 bits per heavy atom. The van der Waals surface area contributed by atoms with Crippen molar-refractivity contribution in [2.45, 2.75) is 27.7 Å². The van der Waals surface area contributed by atoms with Gasteiger partial charge in [0.15, 0.2) is 0 Å². The van der Waals surface area contributed by atoms with Crippen molar-refractivity contribution in [1.82, 2.24) is 28.7 Å². The van der Waals surface area contributed by atoms with Crippen LogP contribution >= 0.6 is 0 Å². The molecule has 0 radical (unpaired) electrons. The molecule has 0 saturated heterocycles. The molecule has 9 aromatic carbocycles. The Hall–Kier alpha value is -10.7. The number of anilines is 6. The molecule has 14 rings (SSSR count). The van der Waals surface area contributed by atoms with Crippen molar-refractivity contribution in [3.05, 3.63) is 290 Å². The first-order chi connectivity index (χ1) is 40.2. The van der Waals surface area contributed by atoms with Crippen LogP contribution in [-0.4, -0.2) is 28.7 Å². The summed E-state index contributed by atoms with van der Waals surface area (Å²) in [7, 11) is 0. The fourth-order valence-corrected chi connectivity index (χ4v) is 11.5. The lowest BCUT2D eigenvalue weighted by atomic mass is 9.90. The Labute approximate surface area is 477 Å². The second-order valence-electron chi connectivity index (χ2n) is 21.3. The Kier molecular flexibility index (Phi) is 12.6. The van der Waals surface area contributed by atoms with Crippen LogP contribution in [0.2, 0.25) is 0 Å². The molecule has 0 aliphatic heterocycles. The van der Waals surface area contributed by atoms with Crippen molar-refractivity contribution >= 4 is 56.5 Å². The molecule has 0 bridgehead atoms. The van der Waals surface area contributed by atoms with Gasteiger partial charge in [-0.1, -0.05) is 156 Å². The van der Waals surface area contributed by atoms with Gasteiger partial charge in [-0.25, -0.2) is 19.9 Å². The van der Waals surface area contributed by atoms with Gasteiger partial charge in [-0.05, 0) is 159 Å². The largest absolute Gasteiger partial charge is 0.311 e. The molecule has 0 aliphatic carbocycles. The summed E-state index contributed by atoms with van der Waals surface area (Å²) in [5, 5.41) is 0. The number of fused-ring (bicyclic) bond motifs is 3. The average Bonchev–Trinajstić information content (AvgIpc) is 3.90. The van der Waals surface area contributed by atoms with Gasteiger partial charge in [0.25, 0.3) is 0 Å². The molecule has 0 saturated carbocycles. The monoisotopic (exact) mass is 1060 g/mol.